The van der Waals surface area contributed by atoms with E-state index in [1.54, 1.807) is 0 Å². The molecule has 1 aliphatic heterocycles. The molecule has 0 aliphatic carbocycles. The van der Waals surface area contributed by atoms with Gasteiger partial charge in [-0.3, -0.25) is 4.79 Å². The Morgan fingerprint density at radius 2 is 2.22 bits per heavy atom. The van der Waals surface area contributed by atoms with E-state index in [4.69, 9.17) is 9.47 Å². The molecular formula is C14H19NO3. The molecule has 0 bridgehead atoms. The van der Waals surface area contributed by atoms with Gasteiger partial charge in [0.15, 0.2) is 0 Å². The maximum Gasteiger partial charge on any atom is 0.251 e. The van der Waals surface area contributed by atoms with E-state index in [1.165, 1.54) is 0 Å². The quantitative estimate of drug-likeness (QED) is 0.882. The average Bonchev–Trinajstić information content (AvgIpc) is 2.37. The molecule has 1 fully saturated rings. The zero-order valence-electron chi connectivity index (χ0n) is 10.9. The molecule has 0 saturated carbocycles. The monoisotopic (exact) mass is 249 g/mol. The third kappa shape index (κ3) is 3.31. The highest BCUT2D eigenvalue weighted by atomic mass is 16.6. The van der Waals surface area contributed by atoms with Gasteiger partial charge in [0.25, 0.3) is 5.91 Å². The fourth-order valence-electron chi connectivity index (χ4n) is 2.02. The SMILES string of the molecule is Cc1ccc(C(=O)NCC2COCCO2)c(C)c1. The Hall–Kier alpha value is -1.39. The smallest absolute Gasteiger partial charge is 0.251 e. The molecule has 18 heavy (non-hydrogen) atoms. The van der Waals surface area contributed by atoms with Crippen LogP contribution in [0.3, 0.4) is 0 Å². The summed E-state index contributed by atoms with van der Waals surface area (Å²) in [7, 11) is 0. The molecule has 1 saturated heterocycles. The first-order valence-electron chi connectivity index (χ1n) is 6.21. The van der Waals surface area contributed by atoms with Crippen molar-refractivity contribution in [2.24, 2.45) is 0 Å². The molecule has 2 rings (SSSR count). The van der Waals surface area contributed by atoms with Crippen LogP contribution in [-0.2, 0) is 9.47 Å². The van der Waals surface area contributed by atoms with Crippen LogP contribution < -0.4 is 5.32 Å². The predicted octanol–water partition coefficient (Wildman–Crippen LogP) is 1.45. The highest BCUT2D eigenvalue weighted by molar-refractivity contribution is 5.95. The van der Waals surface area contributed by atoms with Crippen molar-refractivity contribution in [1.82, 2.24) is 5.32 Å². The molecule has 1 N–H and O–H groups in total. The standard InChI is InChI=1S/C14H19NO3/c1-10-3-4-13(11(2)7-10)14(16)15-8-12-9-17-5-6-18-12/h3-4,7,12H,5-6,8-9H2,1-2H3,(H,15,16). The molecule has 0 aromatic heterocycles. The summed E-state index contributed by atoms with van der Waals surface area (Å²) in [6.07, 6.45) is -0.0338. The van der Waals surface area contributed by atoms with Gasteiger partial charge in [-0.15, -0.1) is 0 Å². The lowest BCUT2D eigenvalue weighted by Crippen LogP contribution is -2.39. The summed E-state index contributed by atoms with van der Waals surface area (Å²) >= 11 is 0. The maximum absolute atomic E-state index is 12.0. The van der Waals surface area contributed by atoms with Gasteiger partial charge in [-0.25, -0.2) is 0 Å². The van der Waals surface area contributed by atoms with Gasteiger partial charge >= 0.3 is 0 Å². The van der Waals surface area contributed by atoms with Crippen LogP contribution in [-0.4, -0.2) is 38.4 Å². The molecule has 0 spiro atoms. The topological polar surface area (TPSA) is 47.6 Å². The lowest BCUT2D eigenvalue weighted by Gasteiger charge is -2.23. The van der Waals surface area contributed by atoms with Gasteiger partial charge in [-0.2, -0.15) is 0 Å². The Bertz CT molecular complexity index is 425. The number of amides is 1. The van der Waals surface area contributed by atoms with Crippen LogP contribution in [0.25, 0.3) is 0 Å². The number of nitrogens with one attached hydrogen (secondary N) is 1. The van der Waals surface area contributed by atoms with E-state index in [1.807, 2.05) is 32.0 Å². The number of rotatable bonds is 3. The molecular weight excluding hydrogens is 230 g/mol. The second-order valence-electron chi connectivity index (χ2n) is 4.60. The second kappa shape index (κ2) is 5.98. The molecule has 1 amide bonds. The Labute approximate surface area is 107 Å². The molecule has 98 valence electrons. The van der Waals surface area contributed by atoms with Crippen molar-refractivity contribution in [1.29, 1.82) is 0 Å². The lowest BCUT2D eigenvalue weighted by atomic mass is 10.1. The van der Waals surface area contributed by atoms with Crippen molar-refractivity contribution >= 4 is 5.91 Å². The molecule has 1 atom stereocenters. The van der Waals surface area contributed by atoms with Crippen molar-refractivity contribution in [3.63, 3.8) is 0 Å². The highest BCUT2D eigenvalue weighted by Gasteiger charge is 2.16. The first-order chi connectivity index (χ1) is 8.66. The van der Waals surface area contributed by atoms with Crippen molar-refractivity contribution in [2.45, 2.75) is 20.0 Å². The predicted molar refractivity (Wildman–Crippen MR) is 68.8 cm³/mol. The Morgan fingerprint density at radius 3 is 2.89 bits per heavy atom. The number of ether oxygens (including phenoxy) is 2. The largest absolute Gasteiger partial charge is 0.376 e. The van der Waals surface area contributed by atoms with Crippen LogP contribution in [0, 0.1) is 13.8 Å². The Balaban J connectivity index is 1.90. The Morgan fingerprint density at radius 1 is 1.39 bits per heavy atom. The number of benzene rings is 1. The van der Waals surface area contributed by atoms with Crippen LogP contribution in [0.4, 0.5) is 0 Å². The number of carbonyl (C=O) groups excluding carboxylic acids is 1. The second-order valence-corrected chi connectivity index (χ2v) is 4.60. The van der Waals surface area contributed by atoms with E-state index >= 15 is 0 Å². The summed E-state index contributed by atoms with van der Waals surface area (Å²) in [4.78, 5) is 12.0. The van der Waals surface area contributed by atoms with E-state index in [0.29, 0.717) is 26.4 Å². The van der Waals surface area contributed by atoms with Crippen LogP contribution >= 0.6 is 0 Å². The normalized spacial score (nSPS) is 19.6. The lowest BCUT2D eigenvalue weighted by molar-refractivity contribution is -0.0855. The third-order valence-corrected chi connectivity index (χ3v) is 3.00. The summed E-state index contributed by atoms with van der Waals surface area (Å²) in [5.74, 6) is -0.0540. The minimum absolute atomic E-state index is 0.0338. The molecule has 1 aliphatic rings. The van der Waals surface area contributed by atoms with Crippen LogP contribution in [0.5, 0.6) is 0 Å². The molecule has 1 unspecified atom stereocenters. The van der Waals surface area contributed by atoms with Gasteiger partial charge in [0.1, 0.15) is 0 Å². The third-order valence-electron chi connectivity index (χ3n) is 3.00. The molecule has 0 radical (unpaired) electrons. The van der Waals surface area contributed by atoms with Crippen LogP contribution in [0.1, 0.15) is 21.5 Å². The van der Waals surface area contributed by atoms with Crippen molar-refractivity contribution in [3.8, 4) is 0 Å². The molecule has 1 aromatic carbocycles. The zero-order chi connectivity index (χ0) is 13.0. The van der Waals surface area contributed by atoms with Crippen molar-refractivity contribution < 1.29 is 14.3 Å². The number of aryl methyl sites for hydroxylation is 2. The molecule has 4 nitrogen and oxygen atoms in total. The van der Waals surface area contributed by atoms with Crippen molar-refractivity contribution in [3.05, 3.63) is 34.9 Å². The van der Waals surface area contributed by atoms with Gasteiger partial charge in [-0.1, -0.05) is 17.7 Å². The van der Waals surface area contributed by atoms with E-state index < -0.39 is 0 Å². The molecule has 4 heteroatoms. The molecule has 1 heterocycles. The summed E-state index contributed by atoms with van der Waals surface area (Å²) in [5.41, 5.74) is 2.87. The van der Waals surface area contributed by atoms with Crippen LogP contribution in [0.2, 0.25) is 0 Å². The summed E-state index contributed by atoms with van der Waals surface area (Å²) in [6.45, 7) is 6.24. The average molecular weight is 249 g/mol. The highest BCUT2D eigenvalue weighted by Crippen LogP contribution is 2.10. The van der Waals surface area contributed by atoms with E-state index in [9.17, 15) is 4.79 Å². The van der Waals surface area contributed by atoms with Gasteiger partial charge < -0.3 is 14.8 Å². The minimum atomic E-state index is -0.0540. The minimum Gasteiger partial charge on any atom is -0.376 e. The van der Waals surface area contributed by atoms with Gasteiger partial charge in [0, 0.05) is 12.1 Å². The van der Waals surface area contributed by atoms with Gasteiger partial charge in [0.2, 0.25) is 0 Å². The van der Waals surface area contributed by atoms with Crippen molar-refractivity contribution in [2.75, 3.05) is 26.4 Å². The molecule has 1 aromatic rings. The zero-order valence-corrected chi connectivity index (χ0v) is 10.9. The maximum atomic E-state index is 12.0. The van der Waals surface area contributed by atoms with Gasteiger partial charge in [-0.05, 0) is 25.5 Å². The number of hydrogen-bond donors (Lipinski definition) is 1. The first-order valence-corrected chi connectivity index (χ1v) is 6.21. The fourth-order valence-corrected chi connectivity index (χ4v) is 2.02. The first kappa shape index (κ1) is 13.1. The van der Waals surface area contributed by atoms with E-state index in [0.717, 1.165) is 16.7 Å². The summed E-state index contributed by atoms with van der Waals surface area (Å²) in [6, 6.07) is 5.81. The van der Waals surface area contributed by atoms with Gasteiger partial charge in [0.05, 0.1) is 25.9 Å². The summed E-state index contributed by atoms with van der Waals surface area (Å²) < 4.78 is 10.8. The fraction of sp³-hybridized carbons (Fsp3) is 0.500. The number of hydrogen-bond acceptors (Lipinski definition) is 3. The van der Waals surface area contributed by atoms with E-state index in [-0.39, 0.29) is 12.0 Å². The number of carbonyl (C=O) groups is 1. The van der Waals surface area contributed by atoms with Crippen LogP contribution in [0.15, 0.2) is 18.2 Å². The Kier molecular flexibility index (Phi) is 4.33. The summed E-state index contributed by atoms with van der Waals surface area (Å²) in [5, 5.41) is 2.89. The van der Waals surface area contributed by atoms with E-state index in [2.05, 4.69) is 5.32 Å².